The van der Waals surface area contributed by atoms with Crippen molar-refractivity contribution in [2.45, 2.75) is 0 Å². The third-order valence-corrected chi connectivity index (χ3v) is 2.25. The summed E-state index contributed by atoms with van der Waals surface area (Å²) in [7, 11) is 3.42. The lowest BCUT2D eigenvalue weighted by Gasteiger charge is -2.10. The second-order valence-electron chi connectivity index (χ2n) is 3.34. The number of aromatic nitrogens is 2. The van der Waals surface area contributed by atoms with Gasteiger partial charge < -0.3 is 15.4 Å². The van der Waals surface area contributed by atoms with Crippen molar-refractivity contribution in [2.24, 2.45) is 0 Å². The number of nitrogens with one attached hydrogen (secondary N) is 2. The molecule has 0 spiro atoms. The van der Waals surface area contributed by atoms with E-state index in [1.807, 2.05) is 24.3 Å². The van der Waals surface area contributed by atoms with E-state index < -0.39 is 0 Å². The highest BCUT2D eigenvalue weighted by molar-refractivity contribution is 5.64. The Balaban J connectivity index is 2.24. The lowest BCUT2D eigenvalue weighted by Crippen LogP contribution is -2.00. The van der Waals surface area contributed by atoms with Gasteiger partial charge in [-0.1, -0.05) is 12.1 Å². The monoisotopic (exact) mass is 230 g/mol. The molecule has 0 saturated carbocycles. The summed E-state index contributed by atoms with van der Waals surface area (Å²) in [6, 6.07) is 9.48. The van der Waals surface area contributed by atoms with Gasteiger partial charge in [0.05, 0.1) is 12.8 Å². The van der Waals surface area contributed by atoms with Gasteiger partial charge in [-0.05, 0) is 18.2 Å². The Morgan fingerprint density at radius 2 is 2.00 bits per heavy atom. The molecule has 2 rings (SSSR count). The Hall–Kier alpha value is -2.30. The molecule has 2 N–H and O–H groups in total. The first-order chi connectivity index (χ1) is 8.33. The van der Waals surface area contributed by atoms with Gasteiger partial charge in [0.1, 0.15) is 11.6 Å². The molecule has 0 atom stereocenters. The molecule has 5 nitrogen and oxygen atoms in total. The van der Waals surface area contributed by atoms with Gasteiger partial charge in [0.25, 0.3) is 0 Å². The summed E-state index contributed by atoms with van der Waals surface area (Å²) in [5, 5.41) is 6.07. The summed E-state index contributed by atoms with van der Waals surface area (Å²) in [5.41, 5.74) is 0.871. The summed E-state index contributed by atoms with van der Waals surface area (Å²) in [5.74, 6) is 2.07. The van der Waals surface area contributed by atoms with E-state index in [0.29, 0.717) is 11.8 Å². The van der Waals surface area contributed by atoms with Crippen molar-refractivity contribution < 1.29 is 4.74 Å². The normalized spacial score (nSPS) is 9.76. The summed E-state index contributed by atoms with van der Waals surface area (Å²) < 4.78 is 5.25. The van der Waals surface area contributed by atoms with Gasteiger partial charge in [0.15, 0.2) is 0 Å². The summed E-state index contributed by atoms with van der Waals surface area (Å²) in [6.45, 7) is 0. The average molecular weight is 230 g/mol. The molecular formula is C12H14N4O. The minimum absolute atomic E-state index is 0.574. The number of nitrogens with zero attached hydrogens (tertiary/aromatic N) is 2. The highest BCUT2D eigenvalue weighted by atomic mass is 16.5. The zero-order valence-electron chi connectivity index (χ0n) is 9.77. The molecule has 5 heteroatoms. The molecule has 0 aliphatic heterocycles. The molecule has 2 aromatic rings. The SMILES string of the molecule is CNc1nccc(Nc2ccccc2OC)n1. The third kappa shape index (κ3) is 2.63. The predicted octanol–water partition coefficient (Wildman–Crippen LogP) is 2.27. The average Bonchev–Trinajstić information content (AvgIpc) is 2.39. The molecule has 0 aliphatic carbocycles. The van der Waals surface area contributed by atoms with Crippen LogP contribution in [-0.4, -0.2) is 24.1 Å². The molecule has 0 bridgehead atoms. The second kappa shape index (κ2) is 5.16. The fraction of sp³-hybridized carbons (Fsp3) is 0.167. The first kappa shape index (κ1) is 11.2. The Kier molecular flexibility index (Phi) is 3.40. The number of rotatable bonds is 4. The highest BCUT2D eigenvalue weighted by Gasteiger charge is 2.03. The Morgan fingerprint density at radius 3 is 2.76 bits per heavy atom. The molecule has 0 saturated heterocycles. The first-order valence-corrected chi connectivity index (χ1v) is 5.24. The molecule has 88 valence electrons. The Labute approximate surface area is 99.9 Å². The number of methoxy groups -OCH3 is 1. The minimum Gasteiger partial charge on any atom is -0.495 e. The van der Waals surface area contributed by atoms with Gasteiger partial charge in [-0.15, -0.1) is 0 Å². The molecule has 0 aliphatic rings. The number of hydrogen-bond donors (Lipinski definition) is 2. The molecular weight excluding hydrogens is 216 g/mol. The van der Waals surface area contributed by atoms with E-state index in [1.165, 1.54) is 0 Å². The van der Waals surface area contributed by atoms with Crippen LogP contribution in [0.1, 0.15) is 0 Å². The molecule has 17 heavy (non-hydrogen) atoms. The molecule has 0 fully saturated rings. The van der Waals surface area contributed by atoms with Crippen LogP contribution in [0.4, 0.5) is 17.5 Å². The summed E-state index contributed by atoms with van der Waals surface area (Å²) in [4.78, 5) is 8.32. The minimum atomic E-state index is 0.574. The smallest absolute Gasteiger partial charge is 0.224 e. The van der Waals surface area contributed by atoms with Crippen molar-refractivity contribution in [3.63, 3.8) is 0 Å². The number of hydrogen-bond acceptors (Lipinski definition) is 5. The maximum Gasteiger partial charge on any atom is 0.224 e. The molecule has 1 aromatic heterocycles. The van der Waals surface area contributed by atoms with E-state index in [-0.39, 0.29) is 0 Å². The van der Waals surface area contributed by atoms with Gasteiger partial charge in [0.2, 0.25) is 5.95 Å². The van der Waals surface area contributed by atoms with Gasteiger partial charge in [-0.3, -0.25) is 0 Å². The topological polar surface area (TPSA) is 59.1 Å². The van der Waals surface area contributed by atoms with Crippen LogP contribution in [0.2, 0.25) is 0 Å². The van der Waals surface area contributed by atoms with Gasteiger partial charge in [-0.2, -0.15) is 4.98 Å². The van der Waals surface area contributed by atoms with E-state index in [2.05, 4.69) is 20.6 Å². The van der Waals surface area contributed by atoms with E-state index >= 15 is 0 Å². The largest absolute Gasteiger partial charge is 0.495 e. The van der Waals surface area contributed by atoms with Crippen molar-refractivity contribution in [2.75, 3.05) is 24.8 Å². The van der Waals surface area contributed by atoms with Gasteiger partial charge in [0, 0.05) is 13.2 Å². The van der Waals surface area contributed by atoms with Crippen molar-refractivity contribution >= 4 is 17.5 Å². The van der Waals surface area contributed by atoms with Crippen LogP contribution in [-0.2, 0) is 0 Å². The fourth-order valence-electron chi connectivity index (χ4n) is 1.43. The molecule has 0 unspecified atom stereocenters. The summed E-state index contributed by atoms with van der Waals surface area (Å²) >= 11 is 0. The van der Waals surface area contributed by atoms with E-state index in [0.717, 1.165) is 11.4 Å². The van der Waals surface area contributed by atoms with Crippen LogP contribution in [0, 0.1) is 0 Å². The highest BCUT2D eigenvalue weighted by Crippen LogP contribution is 2.26. The molecule has 0 amide bonds. The third-order valence-electron chi connectivity index (χ3n) is 2.25. The van der Waals surface area contributed by atoms with Gasteiger partial charge >= 0.3 is 0 Å². The van der Waals surface area contributed by atoms with E-state index in [1.54, 1.807) is 26.4 Å². The zero-order chi connectivity index (χ0) is 12.1. The van der Waals surface area contributed by atoms with Crippen LogP contribution in [0.3, 0.4) is 0 Å². The maximum atomic E-state index is 5.25. The van der Waals surface area contributed by atoms with Crippen LogP contribution in [0.5, 0.6) is 5.75 Å². The lowest BCUT2D eigenvalue weighted by molar-refractivity contribution is 0.417. The quantitative estimate of drug-likeness (QED) is 0.843. The van der Waals surface area contributed by atoms with Crippen molar-refractivity contribution in [1.29, 1.82) is 0 Å². The van der Waals surface area contributed by atoms with Crippen LogP contribution in [0.15, 0.2) is 36.5 Å². The Morgan fingerprint density at radius 1 is 1.18 bits per heavy atom. The zero-order valence-corrected chi connectivity index (χ0v) is 9.77. The van der Waals surface area contributed by atoms with Gasteiger partial charge in [-0.25, -0.2) is 4.98 Å². The van der Waals surface area contributed by atoms with Crippen molar-refractivity contribution in [3.8, 4) is 5.75 Å². The lowest BCUT2D eigenvalue weighted by atomic mass is 10.3. The van der Waals surface area contributed by atoms with Crippen molar-refractivity contribution in [3.05, 3.63) is 36.5 Å². The maximum absolute atomic E-state index is 5.25. The van der Waals surface area contributed by atoms with Crippen LogP contribution < -0.4 is 15.4 Å². The van der Waals surface area contributed by atoms with Crippen LogP contribution >= 0.6 is 0 Å². The molecule has 1 aromatic carbocycles. The standard InChI is InChI=1S/C12H14N4O/c1-13-12-14-8-7-11(16-12)15-9-5-3-4-6-10(9)17-2/h3-8H,1-2H3,(H2,13,14,15,16). The number of benzene rings is 1. The van der Waals surface area contributed by atoms with E-state index in [9.17, 15) is 0 Å². The van der Waals surface area contributed by atoms with E-state index in [4.69, 9.17) is 4.74 Å². The molecule has 1 heterocycles. The molecule has 0 radical (unpaired) electrons. The fourth-order valence-corrected chi connectivity index (χ4v) is 1.43. The number of ether oxygens (including phenoxy) is 1. The second-order valence-corrected chi connectivity index (χ2v) is 3.34. The first-order valence-electron chi connectivity index (χ1n) is 5.24. The number of anilines is 3. The number of para-hydroxylation sites is 2. The predicted molar refractivity (Wildman–Crippen MR) is 67.9 cm³/mol. The summed E-state index contributed by atoms with van der Waals surface area (Å²) in [6.07, 6.45) is 1.69. The van der Waals surface area contributed by atoms with Crippen molar-refractivity contribution in [1.82, 2.24) is 9.97 Å². The van der Waals surface area contributed by atoms with Crippen LogP contribution in [0.25, 0.3) is 0 Å². The Bertz CT molecular complexity index is 501.